The first-order valence-electron chi connectivity index (χ1n) is 4.78. The van der Waals surface area contributed by atoms with Crippen LogP contribution in [-0.4, -0.2) is 36.7 Å². The molecule has 0 spiro atoms. The quantitative estimate of drug-likeness (QED) is 0.709. The Morgan fingerprint density at radius 2 is 2.38 bits per heavy atom. The van der Waals surface area contributed by atoms with Crippen LogP contribution in [0.2, 0.25) is 0 Å². The Morgan fingerprint density at radius 1 is 1.69 bits per heavy atom. The summed E-state index contributed by atoms with van der Waals surface area (Å²) in [5.41, 5.74) is 5.58. The average Bonchev–Trinajstić information content (AvgIpc) is 2.08. The molecule has 1 heterocycles. The summed E-state index contributed by atoms with van der Waals surface area (Å²) in [7, 11) is 0. The Morgan fingerprint density at radius 3 is 2.92 bits per heavy atom. The number of nitrogens with two attached hydrogens (primary N) is 1. The minimum atomic E-state index is -0.213. The molecule has 1 fully saturated rings. The normalized spacial score (nSPS) is 23.5. The standard InChI is InChI=1S/C9H18N2O2/c1-7(2)6-11-8(5-10)3-4-13-9(11)12/h7-8H,3-6,10H2,1-2H3. The van der Waals surface area contributed by atoms with Gasteiger partial charge >= 0.3 is 6.09 Å². The van der Waals surface area contributed by atoms with Crippen LogP contribution in [0.3, 0.4) is 0 Å². The molecule has 1 unspecified atom stereocenters. The maximum absolute atomic E-state index is 11.3. The fourth-order valence-electron chi connectivity index (χ4n) is 1.53. The van der Waals surface area contributed by atoms with Crippen molar-refractivity contribution in [2.24, 2.45) is 11.7 Å². The van der Waals surface area contributed by atoms with E-state index in [1.807, 2.05) is 0 Å². The first-order chi connectivity index (χ1) is 6.15. The fourth-order valence-corrected chi connectivity index (χ4v) is 1.53. The monoisotopic (exact) mass is 186 g/mol. The van der Waals surface area contributed by atoms with E-state index in [9.17, 15) is 4.79 Å². The molecular formula is C9H18N2O2. The largest absolute Gasteiger partial charge is 0.449 e. The second-order valence-corrected chi connectivity index (χ2v) is 3.84. The summed E-state index contributed by atoms with van der Waals surface area (Å²) in [6.45, 7) is 5.93. The number of rotatable bonds is 3. The molecule has 0 aromatic rings. The lowest BCUT2D eigenvalue weighted by molar-refractivity contribution is 0.0415. The lowest BCUT2D eigenvalue weighted by Crippen LogP contribution is -2.50. The minimum Gasteiger partial charge on any atom is -0.449 e. The van der Waals surface area contributed by atoms with Gasteiger partial charge in [-0.15, -0.1) is 0 Å². The van der Waals surface area contributed by atoms with E-state index in [1.165, 1.54) is 0 Å². The van der Waals surface area contributed by atoms with Gasteiger partial charge in [0, 0.05) is 19.5 Å². The maximum atomic E-state index is 11.3. The molecule has 0 bridgehead atoms. The van der Waals surface area contributed by atoms with Crippen LogP contribution < -0.4 is 5.73 Å². The van der Waals surface area contributed by atoms with Crippen molar-refractivity contribution < 1.29 is 9.53 Å². The molecule has 76 valence electrons. The summed E-state index contributed by atoms with van der Waals surface area (Å²) >= 11 is 0. The number of carbonyl (C=O) groups is 1. The second-order valence-electron chi connectivity index (χ2n) is 3.84. The van der Waals surface area contributed by atoms with Crippen LogP contribution in [0, 0.1) is 5.92 Å². The van der Waals surface area contributed by atoms with E-state index < -0.39 is 0 Å². The molecule has 1 aliphatic heterocycles. The lowest BCUT2D eigenvalue weighted by atomic mass is 10.1. The highest BCUT2D eigenvalue weighted by molar-refractivity contribution is 5.68. The Hall–Kier alpha value is -0.770. The summed E-state index contributed by atoms with van der Waals surface area (Å²) in [6.07, 6.45) is 0.644. The van der Waals surface area contributed by atoms with Crippen molar-refractivity contribution >= 4 is 6.09 Å². The number of amides is 1. The van der Waals surface area contributed by atoms with Crippen molar-refractivity contribution in [3.05, 3.63) is 0 Å². The van der Waals surface area contributed by atoms with Gasteiger partial charge in [-0.25, -0.2) is 4.79 Å². The molecular weight excluding hydrogens is 168 g/mol. The molecule has 0 saturated carbocycles. The Bertz CT molecular complexity index is 182. The van der Waals surface area contributed by atoms with Crippen LogP contribution in [0.5, 0.6) is 0 Å². The van der Waals surface area contributed by atoms with Crippen molar-refractivity contribution in [3.8, 4) is 0 Å². The Balaban J connectivity index is 2.56. The summed E-state index contributed by atoms with van der Waals surface area (Å²) in [5, 5.41) is 0. The summed E-state index contributed by atoms with van der Waals surface area (Å²) in [4.78, 5) is 13.1. The van der Waals surface area contributed by atoms with E-state index in [1.54, 1.807) is 4.90 Å². The molecule has 0 aromatic carbocycles. The van der Waals surface area contributed by atoms with Gasteiger partial charge in [-0.3, -0.25) is 0 Å². The van der Waals surface area contributed by atoms with Crippen molar-refractivity contribution in [2.75, 3.05) is 19.7 Å². The fraction of sp³-hybridized carbons (Fsp3) is 0.889. The number of cyclic esters (lactones) is 1. The predicted molar refractivity (Wildman–Crippen MR) is 50.4 cm³/mol. The Kier molecular flexibility index (Phi) is 3.54. The zero-order chi connectivity index (χ0) is 9.84. The average molecular weight is 186 g/mol. The number of ether oxygens (including phenoxy) is 1. The van der Waals surface area contributed by atoms with Gasteiger partial charge in [0.25, 0.3) is 0 Å². The summed E-state index contributed by atoms with van der Waals surface area (Å²) in [5.74, 6) is 0.458. The molecule has 1 atom stereocenters. The lowest BCUT2D eigenvalue weighted by Gasteiger charge is -2.35. The number of hydrogen-bond donors (Lipinski definition) is 1. The van der Waals surface area contributed by atoms with E-state index in [-0.39, 0.29) is 12.1 Å². The third kappa shape index (κ3) is 2.59. The van der Waals surface area contributed by atoms with E-state index in [0.717, 1.165) is 13.0 Å². The van der Waals surface area contributed by atoms with Crippen molar-refractivity contribution in [1.82, 2.24) is 4.90 Å². The molecule has 13 heavy (non-hydrogen) atoms. The molecule has 4 heteroatoms. The molecule has 2 N–H and O–H groups in total. The van der Waals surface area contributed by atoms with Gasteiger partial charge in [-0.05, 0) is 5.92 Å². The zero-order valence-electron chi connectivity index (χ0n) is 8.32. The van der Waals surface area contributed by atoms with E-state index in [4.69, 9.17) is 10.5 Å². The predicted octanol–water partition coefficient (Wildman–Crippen LogP) is 0.812. The zero-order valence-corrected chi connectivity index (χ0v) is 8.32. The highest BCUT2D eigenvalue weighted by Gasteiger charge is 2.28. The third-order valence-corrected chi connectivity index (χ3v) is 2.19. The molecule has 0 radical (unpaired) electrons. The first-order valence-corrected chi connectivity index (χ1v) is 4.78. The van der Waals surface area contributed by atoms with Crippen molar-refractivity contribution in [1.29, 1.82) is 0 Å². The van der Waals surface area contributed by atoms with Crippen LogP contribution in [0.15, 0.2) is 0 Å². The van der Waals surface area contributed by atoms with Gasteiger partial charge in [-0.2, -0.15) is 0 Å². The van der Waals surface area contributed by atoms with Gasteiger partial charge < -0.3 is 15.4 Å². The van der Waals surface area contributed by atoms with Gasteiger partial charge in [0.05, 0.1) is 12.6 Å². The number of nitrogens with zero attached hydrogens (tertiary/aromatic N) is 1. The highest BCUT2D eigenvalue weighted by atomic mass is 16.6. The molecule has 1 rings (SSSR count). The Labute approximate surface area is 79.0 Å². The summed E-state index contributed by atoms with van der Waals surface area (Å²) < 4.78 is 4.95. The SMILES string of the molecule is CC(C)CN1C(=O)OCCC1CN. The maximum Gasteiger partial charge on any atom is 0.410 e. The molecule has 1 amide bonds. The number of carbonyl (C=O) groups excluding carboxylic acids is 1. The summed E-state index contributed by atoms with van der Waals surface area (Å²) in [6, 6.07) is 0.170. The smallest absolute Gasteiger partial charge is 0.410 e. The molecule has 0 aliphatic carbocycles. The highest BCUT2D eigenvalue weighted by Crippen LogP contribution is 2.14. The van der Waals surface area contributed by atoms with Crippen molar-refractivity contribution in [2.45, 2.75) is 26.3 Å². The van der Waals surface area contributed by atoms with Crippen LogP contribution in [-0.2, 0) is 4.74 Å². The molecule has 1 saturated heterocycles. The molecule has 1 aliphatic rings. The van der Waals surface area contributed by atoms with E-state index >= 15 is 0 Å². The minimum absolute atomic E-state index is 0.170. The third-order valence-electron chi connectivity index (χ3n) is 2.19. The van der Waals surface area contributed by atoms with Crippen molar-refractivity contribution in [3.63, 3.8) is 0 Å². The van der Waals surface area contributed by atoms with Crippen LogP contribution in [0.1, 0.15) is 20.3 Å². The van der Waals surface area contributed by atoms with E-state index in [2.05, 4.69) is 13.8 Å². The molecule has 4 nitrogen and oxygen atoms in total. The van der Waals surface area contributed by atoms with Gasteiger partial charge in [0.2, 0.25) is 0 Å². The van der Waals surface area contributed by atoms with Crippen LogP contribution in [0.4, 0.5) is 4.79 Å². The number of hydrogen-bond acceptors (Lipinski definition) is 3. The first kappa shape index (κ1) is 10.3. The van der Waals surface area contributed by atoms with Gasteiger partial charge in [-0.1, -0.05) is 13.8 Å². The van der Waals surface area contributed by atoms with Gasteiger partial charge in [0.15, 0.2) is 0 Å². The van der Waals surface area contributed by atoms with Gasteiger partial charge in [0.1, 0.15) is 0 Å². The second kappa shape index (κ2) is 4.46. The molecule has 0 aromatic heterocycles. The van der Waals surface area contributed by atoms with E-state index in [0.29, 0.717) is 19.1 Å². The van der Waals surface area contributed by atoms with Crippen LogP contribution >= 0.6 is 0 Å². The topological polar surface area (TPSA) is 55.6 Å². The van der Waals surface area contributed by atoms with Crippen LogP contribution in [0.25, 0.3) is 0 Å².